The van der Waals surface area contributed by atoms with Gasteiger partial charge in [0.05, 0.1) is 6.20 Å². The number of rotatable bonds is 8. The quantitative estimate of drug-likeness (QED) is 0.329. The van der Waals surface area contributed by atoms with E-state index in [4.69, 9.17) is 4.42 Å². The van der Waals surface area contributed by atoms with Crippen LogP contribution < -0.4 is 10.6 Å². The monoisotopic (exact) mass is 455 g/mol. The summed E-state index contributed by atoms with van der Waals surface area (Å²) in [5.41, 5.74) is 5.52. The molecule has 0 aliphatic heterocycles. The number of benzene rings is 2. The average molecular weight is 456 g/mol. The summed E-state index contributed by atoms with van der Waals surface area (Å²) in [6.45, 7) is 8.18. The molecule has 0 atom stereocenters. The molecule has 2 aromatic heterocycles. The Kier molecular flexibility index (Phi) is 7.01. The third kappa shape index (κ3) is 6.07. The summed E-state index contributed by atoms with van der Waals surface area (Å²) in [7, 11) is 0. The van der Waals surface area contributed by atoms with E-state index in [1.54, 1.807) is 6.20 Å². The first-order valence-electron chi connectivity index (χ1n) is 11.4. The van der Waals surface area contributed by atoms with Gasteiger partial charge in [-0.15, -0.1) is 0 Å². The van der Waals surface area contributed by atoms with E-state index >= 15 is 0 Å². The van der Waals surface area contributed by atoms with Crippen LogP contribution in [0.1, 0.15) is 49.0 Å². The number of anilines is 3. The van der Waals surface area contributed by atoms with Crippen molar-refractivity contribution in [1.29, 1.82) is 0 Å². The molecule has 7 nitrogen and oxygen atoms in total. The van der Waals surface area contributed by atoms with Gasteiger partial charge in [-0.2, -0.15) is 0 Å². The van der Waals surface area contributed by atoms with E-state index in [0.29, 0.717) is 35.6 Å². The van der Waals surface area contributed by atoms with Crippen molar-refractivity contribution in [3.8, 4) is 11.3 Å². The fourth-order valence-electron chi connectivity index (χ4n) is 3.62. The molecule has 0 unspecified atom stereocenters. The highest BCUT2D eigenvalue weighted by Crippen LogP contribution is 2.24. The second-order valence-corrected chi connectivity index (χ2v) is 8.62. The molecule has 0 saturated carbocycles. The van der Waals surface area contributed by atoms with Gasteiger partial charge in [0.15, 0.2) is 11.7 Å². The molecule has 7 heteroatoms. The number of carbonyl (C=O) groups excluding carboxylic acids is 1. The number of nitrogens with one attached hydrogen (secondary N) is 2. The van der Waals surface area contributed by atoms with Crippen LogP contribution in [0.2, 0.25) is 0 Å². The molecule has 0 bridgehead atoms. The number of aryl methyl sites for hydroxylation is 3. The van der Waals surface area contributed by atoms with E-state index in [0.717, 1.165) is 22.6 Å². The number of aromatic nitrogens is 3. The fraction of sp³-hybridized carbons (Fsp3) is 0.259. The summed E-state index contributed by atoms with van der Waals surface area (Å²) < 4.78 is 5.86. The SMILES string of the molecule is Cc1cc(C)nc(Nc2cccc(NC(=O)CCc3ncc(-c4ccc(C(C)C)cc4)o3)c2)n1. The summed E-state index contributed by atoms with van der Waals surface area (Å²) in [6.07, 6.45) is 2.40. The van der Waals surface area contributed by atoms with Gasteiger partial charge in [-0.1, -0.05) is 44.2 Å². The van der Waals surface area contributed by atoms with Crippen molar-refractivity contribution < 1.29 is 9.21 Å². The minimum Gasteiger partial charge on any atom is -0.441 e. The Labute approximate surface area is 199 Å². The lowest BCUT2D eigenvalue weighted by molar-refractivity contribution is -0.116. The van der Waals surface area contributed by atoms with Crippen LogP contribution in [-0.4, -0.2) is 20.9 Å². The van der Waals surface area contributed by atoms with Gasteiger partial charge in [-0.25, -0.2) is 15.0 Å². The van der Waals surface area contributed by atoms with Gasteiger partial charge in [0, 0.05) is 41.2 Å². The van der Waals surface area contributed by atoms with E-state index in [9.17, 15) is 4.79 Å². The molecular weight excluding hydrogens is 426 g/mol. The summed E-state index contributed by atoms with van der Waals surface area (Å²) in [4.78, 5) is 25.6. The van der Waals surface area contributed by atoms with Gasteiger partial charge in [0.2, 0.25) is 11.9 Å². The molecule has 0 aliphatic rings. The zero-order valence-corrected chi connectivity index (χ0v) is 19.9. The molecule has 0 spiro atoms. The summed E-state index contributed by atoms with van der Waals surface area (Å²) in [5, 5.41) is 6.11. The van der Waals surface area contributed by atoms with E-state index < -0.39 is 0 Å². The Morgan fingerprint density at radius 3 is 2.38 bits per heavy atom. The third-order valence-electron chi connectivity index (χ3n) is 5.37. The first-order chi connectivity index (χ1) is 16.4. The Bertz CT molecular complexity index is 1260. The Morgan fingerprint density at radius 1 is 0.971 bits per heavy atom. The highest BCUT2D eigenvalue weighted by molar-refractivity contribution is 5.91. The van der Waals surface area contributed by atoms with Crippen molar-refractivity contribution in [3.63, 3.8) is 0 Å². The second kappa shape index (κ2) is 10.3. The molecule has 2 aromatic carbocycles. The maximum atomic E-state index is 12.5. The van der Waals surface area contributed by atoms with Crippen molar-refractivity contribution >= 4 is 23.2 Å². The molecule has 1 amide bonds. The van der Waals surface area contributed by atoms with Crippen LogP contribution in [0.3, 0.4) is 0 Å². The largest absolute Gasteiger partial charge is 0.441 e. The third-order valence-corrected chi connectivity index (χ3v) is 5.37. The van der Waals surface area contributed by atoms with Crippen LogP contribution >= 0.6 is 0 Å². The zero-order valence-electron chi connectivity index (χ0n) is 19.9. The van der Waals surface area contributed by atoms with Crippen molar-refractivity contribution in [2.24, 2.45) is 0 Å². The first-order valence-corrected chi connectivity index (χ1v) is 11.4. The molecular formula is C27H29N5O2. The minimum atomic E-state index is -0.110. The molecule has 0 fully saturated rings. The van der Waals surface area contributed by atoms with Crippen LogP contribution in [0.4, 0.5) is 17.3 Å². The topological polar surface area (TPSA) is 92.9 Å². The summed E-state index contributed by atoms with van der Waals surface area (Å²) >= 11 is 0. The minimum absolute atomic E-state index is 0.110. The summed E-state index contributed by atoms with van der Waals surface area (Å²) in [6, 6.07) is 17.7. The lowest BCUT2D eigenvalue weighted by atomic mass is 10.0. The predicted molar refractivity (Wildman–Crippen MR) is 134 cm³/mol. The normalized spacial score (nSPS) is 11.0. The van der Waals surface area contributed by atoms with Crippen LogP contribution in [0, 0.1) is 13.8 Å². The molecule has 2 heterocycles. The van der Waals surface area contributed by atoms with Gasteiger partial charge >= 0.3 is 0 Å². The molecule has 0 aliphatic carbocycles. The predicted octanol–water partition coefficient (Wildman–Crippen LogP) is 6.19. The lowest BCUT2D eigenvalue weighted by Crippen LogP contribution is -2.12. The number of oxazole rings is 1. The smallest absolute Gasteiger partial charge is 0.227 e. The average Bonchev–Trinajstić information content (AvgIpc) is 3.26. The maximum absolute atomic E-state index is 12.5. The highest BCUT2D eigenvalue weighted by atomic mass is 16.4. The molecule has 0 radical (unpaired) electrons. The Hall–Kier alpha value is -4.00. The number of nitrogens with zero attached hydrogens (tertiary/aromatic N) is 3. The van der Waals surface area contributed by atoms with Gasteiger partial charge < -0.3 is 15.1 Å². The molecule has 0 saturated heterocycles. The van der Waals surface area contributed by atoms with Crippen molar-refractivity contribution in [1.82, 2.24) is 15.0 Å². The van der Waals surface area contributed by atoms with Gasteiger partial charge in [0.1, 0.15) is 0 Å². The van der Waals surface area contributed by atoms with Crippen molar-refractivity contribution in [2.75, 3.05) is 10.6 Å². The zero-order chi connectivity index (χ0) is 24.1. The standard InChI is InChI=1S/C27H29N5O2/c1-17(2)20-8-10-21(11-9-20)24-16-28-26(34-24)13-12-25(33)31-22-6-5-7-23(15-22)32-27-29-18(3)14-19(4)30-27/h5-11,14-17H,12-13H2,1-4H3,(H,31,33)(H,29,30,32). The van der Waals surface area contributed by atoms with Crippen molar-refractivity contribution in [3.05, 3.63) is 83.6 Å². The van der Waals surface area contributed by atoms with E-state index in [1.165, 1.54) is 5.56 Å². The molecule has 2 N–H and O–H groups in total. The molecule has 174 valence electrons. The van der Waals surface area contributed by atoms with Gasteiger partial charge in [0.25, 0.3) is 0 Å². The van der Waals surface area contributed by atoms with Crippen molar-refractivity contribution in [2.45, 2.75) is 46.5 Å². The fourth-order valence-corrected chi connectivity index (χ4v) is 3.62. The van der Waals surface area contributed by atoms with Crippen LogP contribution in [0.25, 0.3) is 11.3 Å². The van der Waals surface area contributed by atoms with Gasteiger partial charge in [-0.05, 0) is 49.6 Å². The molecule has 34 heavy (non-hydrogen) atoms. The Balaban J connectivity index is 1.32. The van der Waals surface area contributed by atoms with Crippen LogP contribution in [0.15, 0.2) is 65.2 Å². The number of carbonyl (C=O) groups is 1. The molecule has 4 aromatic rings. The van der Waals surface area contributed by atoms with Crippen LogP contribution in [0.5, 0.6) is 0 Å². The van der Waals surface area contributed by atoms with E-state index in [1.807, 2.05) is 56.3 Å². The van der Waals surface area contributed by atoms with Crippen LogP contribution in [-0.2, 0) is 11.2 Å². The van der Waals surface area contributed by atoms with Gasteiger partial charge in [-0.3, -0.25) is 4.79 Å². The Morgan fingerprint density at radius 2 is 1.68 bits per heavy atom. The van der Waals surface area contributed by atoms with E-state index in [-0.39, 0.29) is 12.3 Å². The van der Waals surface area contributed by atoms with E-state index in [2.05, 4.69) is 51.6 Å². The lowest BCUT2D eigenvalue weighted by Gasteiger charge is -2.09. The summed E-state index contributed by atoms with van der Waals surface area (Å²) in [5.74, 6) is 2.15. The first kappa shape index (κ1) is 23.2. The second-order valence-electron chi connectivity index (χ2n) is 8.62. The molecule has 4 rings (SSSR count). The maximum Gasteiger partial charge on any atom is 0.227 e. The number of hydrogen-bond donors (Lipinski definition) is 2. The number of hydrogen-bond acceptors (Lipinski definition) is 6. The highest BCUT2D eigenvalue weighted by Gasteiger charge is 2.10. The number of amides is 1.